The van der Waals surface area contributed by atoms with E-state index < -0.39 is 6.04 Å². The Morgan fingerprint density at radius 2 is 2.11 bits per heavy atom. The van der Waals surface area contributed by atoms with Crippen LogP contribution in [-0.2, 0) is 4.79 Å². The molecule has 0 unspecified atom stereocenters. The molecular formula is C15H24N2O2. The average molecular weight is 264 g/mol. The van der Waals surface area contributed by atoms with Crippen LogP contribution in [0, 0.1) is 12.3 Å². The number of nitrogens with two attached hydrogens (primary N) is 1. The smallest absolute Gasteiger partial charge is 0.237 e. The van der Waals surface area contributed by atoms with Gasteiger partial charge in [-0.25, -0.2) is 0 Å². The molecule has 0 fully saturated rings. The first-order valence-electron chi connectivity index (χ1n) is 6.53. The van der Waals surface area contributed by atoms with Gasteiger partial charge >= 0.3 is 0 Å². The summed E-state index contributed by atoms with van der Waals surface area (Å²) in [6.45, 7) is 8.74. The van der Waals surface area contributed by atoms with Gasteiger partial charge in [-0.3, -0.25) is 4.79 Å². The minimum atomic E-state index is -0.508. The van der Waals surface area contributed by atoms with E-state index in [0.29, 0.717) is 13.2 Å². The van der Waals surface area contributed by atoms with Gasteiger partial charge in [0.25, 0.3) is 0 Å². The highest BCUT2D eigenvalue weighted by Gasteiger charge is 2.26. The molecule has 1 atom stereocenters. The Kier molecular flexibility index (Phi) is 5.36. The molecule has 0 aliphatic carbocycles. The van der Waals surface area contributed by atoms with Gasteiger partial charge < -0.3 is 15.8 Å². The number of hydrogen-bond donors (Lipinski definition) is 2. The Labute approximate surface area is 115 Å². The Morgan fingerprint density at radius 3 is 2.68 bits per heavy atom. The SMILES string of the molecule is Cc1cccc(OCCNC(=O)[C@@H](N)C(C)(C)C)c1. The van der Waals surface area contributed by atoms with E-state index in [1.807, 2.05) is 52.0 Å². The van der Waals surface area contributed by atoms with E-state index in [0.717, 1.165) is 11.3 Å². The Hall–Kier alpha value is -1.55. The predicted molar refractivity (Wildman–Crippen MR) is 77.1 cm³/mol. The number of amides is 1. The van der Waals surface area contributed by atoms with Crippen molar-refractivity contribution in [3.8, 4) is 5.75 Å². The lowest BCUT2D eigenvalue weighted by molar-refractivity contribution is -0.124. The third-order valence-corrected chi connectivity index (χ3v) is 2.88. The van der Waals surface area contributed by atoms with E-state index in [9.17, 15) is 4.79 Å². The minimum Gasteiger partial charge on any atom is -0.492 e. The van der Waals surface area contributed by atoms with Crippen LogP contribution in [0.2, 0.25) is 0 Å². The largest absolute Gasteiger partial charge is 0.492 e. The van der Waals surface area contributed by atoms with Crippen LogP contribution in [-0.4, -0.2) is 25.1 Å². The van der Waals surface area contributed by atoms with Crippen LogP contribution in [0.1, 0.15) is 26.3 Å². The zero-order valence-corrected chi connectivity index (χ0v) is 12.2. The molecule has 4 nitrogen and oxygen atoms in total. The highest BCUT2D eigenvalue weighted by Crippen LogP contribution is 2.17. The van der Waals surface area contributed by atoms with Crippen LogP contribution < -0.4 is 15.8 Å². The third kappa shape index (κ3) is 5.30. The molecule has 0 heterocycles. The van der Waals surface area contributed by atoms with E-state index in [1.54, 1.807) is 0 Å². The molecule has 0 aliphatic heterocycles. The van der Waals surface area contributed by atoms with Crippen molar-refractivity contribution in [1.82, 2.24) is 5.32 Å². The molecule has 0 saturated heterocycles. The molecule has 106 valence electrons. The van der Waals surface area contributed by atoms with Gasteiger partial charge in [-0.15, -0.1) is 0 Å². The fraction of sp³-hybridized carbons (Fsp3) is 0.533. The summed E-state index contributed by atoms with van der Waals surface area (Å²) >= 11 is 0. The van der Waals surface area contributed by atoms with Gasteiger partial charge in [0, 0.05) is 0 Å². The Bertz CT molecular complexity index is 424. The van der Waals surface area contributed by atoms with Crippen molar-refractivity contribution in [2.75, 3.05) is 13.2 Å². The maximum atomic E-state index is 11.8. The minimum absolute atomic E-state index is 0.139. The summed E-state index contributed by atoms with van der Waals surface area (Å²) in [6, 6.07) is 7.31. The molecule has 3 N–H and O–H groups in total. The summed E-state index contributed by atoms with van der Waals surface area (Å²) in [5.74, 6) is 0.676. The summed E-state index contributed by atoms with van der Waals surface area (Å²) in [6.07, 6.45) is 0. The highest BCUT2D eigenvalue weighted by molar-refractivity contribution is 5.82. The zero-order valence-electron chi connectivity index (χ0n) is 12.2. The Morgan fingerprint density at radius 1 is 1.42 bits per heavy atom. The Balaban J connectivity index is 2.30. The second kappa shape index (κ2) is 6.57. The lowest BCUT2D eigenvalue weighted by Crippen LogP contribution is -2.49. The quantitative estimate of drug-likeness (QED) is 0.798. The highest BCUT2D eigenvalue weighted by atomic mass is 16.5. The molecule has 0 bridgehead atoms. The van der Waals surface area contributed by atoms with Gasteiger partial charge in [0.1, 0.15) is 12.4 Å². The molecule has 1 aromatic carbocycles. The van der Waals surface area contributed by atoms with Crippen molar-refractivity contribution in [3.63, 3.8) is 0 Å². The van der Waals surface area contributed by atoms with Gasteiger partial charge in [-0.2, -0.15) is 0 Å². The number of hydrogen-bond acceptors (Lipinski definition) is 3. The van der Waals surface area contributed by atoms with Crippen molar-refractivity contribution in [3.05, 3.63) is 29.8 Å². The third-order valence-electron chi connectivity index (χ3n) is 2.88. The standard InChI is InChI=1S/C15H24N2O2/c1-11-6-5-7-12(10-11)19-9-8-17-14(18)13(16)15(2,3)4/h5-7,10,13H,8-9,16H2,1-4H3,(H,17,18)/t13-/m1/s1. The summed E-state index contributed by atoms with van der Waals surface area (Å²) in [5.41, 5.74) is 6.77. The first-order valence-corrected chi connectivity index (χ1v) is 6.53. The van der Waals surface area contributed by atoms with Gasteiger partial charge in [-0.1, -0.05) is 32.9 Å². The number of aryl methyl sites for hydroxylation is 1. The molecule has 0 aromatic heterocycles. The summed E-state index contributed by atoms with van der Waals surface area (Å²) in [4.78, 5) is 11.8. The van der Waals surface area contributed by atoms with Crippen molar-refractivity contribution >= 4 is 5.91 Å². The van der Waals surface area contributed by atoms with Crippen molar-refractivity contribution in [2.45, 2.75) is 33.7 Å². The molecular weight excluding hydrogens is 240 g/mol. The predicted octanol–water partition coefficient (Wildman–Crippen LogP) is 1.86. The van der Waals surface area contributed by atoms with E-state index in [2.05, 4.69) is 5.32 Å². The van der Waals surface area contributed by atoms with E-state index in [4.69, 9.17) is 10.5 Å². The summed E-state index contributed by atoms with van der Waals surface area (Å²) in [5, 5.41) is 2.78. The van der Waals surface area contributed by atoms with Crippen LogP contribution in [0.15, 0.2) is 24.3 Å². The molecule has 0 spiro atoms. The molecule has 0 aliphatic rings. The van der Waals surface area contributed by atoms with Crippen LogP contribution in [0.3, 0.4) is 0 Å². The van der Waals surface area contributed by atoms with Crippen molar-refractivity contribution in [1.29, 1.82) is 0 Å². The fourth-order valence-electron chi connectivity index (χ4n) is 1.55. The van der Waals surface area contributed by atoms with E-state index >= 15 is 0 Å². The maximum absolute atomic E-state index is 11.8. The molecule has 4 heteroatoms. The number of carbonyl (C=O) groups excluding carboxylic acids is 1. The molecule has 1 amide bonds. The van der Waals surface area contributed by atoms with E-state index in [-0.39, 0.29) is 11.3 Å². The van der Waals surface area contributed by atoms with Crippen LogP contribution in [0.25, 0.3) is 0 Å². The number of carbonyl (C=O) groups is 1. The lowest BCUT2D eigenvalue weighted by atomic mass is 9.87. The van der Waals surface area contributed by atoms with Gasteiger partial charge in [0.2, 0.25) is 5.91 Å². The van der Waals surface area contributed by atoms with Crippen LogP contribution in [0.4, 0.5) is 0 Å². The number of nitrogens with one attached hydrogen (secondary N) is 1. The normalized spacial score (nSPS) is 12.9. The zero-order chi connectivity index (χ0) is 14.5. The van der Waals surface area contributed by atoms with Crippen molar-refractivity contribution < 1.29 is 9.53 Å². The summed E-state index contributed by atoms with van der Waals surface area (Å²) < 4.78 is 5.55. The second-order valence-corrected chi connectivity index (χ2v) is 5.80. The maximum Gasteiger partial charge on any atom is 0.237 e. The van der Waals surface area contributed by atoms with Gasteiger partial charge in [-0.05, 0) is 30.0 Å². The van der Waals surface area contributed by atoms with Crippen LogP contribution >= 0.6 is 0 Å². The second-order valence-electron chi connectivity index (χ2n) is 5.80. The average Bonchev–Trinajstić information content (AvgIpc) is 2.32. The molecule has 0 radical (unpaired) electrons. The lowest BCUT2D eigenvalue weighted by Gasteiger charge is -2.25. The van der Waals surface area contributed by atoms with Crippen molar-refractivity contribution in [2.24, 2.45) is 11.1 Å². The first-order chi connectivity index (χ1) is 8.80. The molecule has 1 rings (SSSR count). The monoisotopic (exact) mass is 264 g/mol. The fourth-order valence-corrected chi connectivity index (χ4v) is 1.55. The molecule has 1 aromatic rings. The number of benzene rings is 1. The van der Waals surface area contributed by atoms with Gasteiger partial charge in [0.05, 0.1) is 12.6 Å². The molecule has 19 heavy (non-hydrogen) atoms. The number of rotatable bonds is 5. The first kappa shape index (κ1) is 15.5. The van der Waals surface area contributed by atoms with Crippen LogP contribution in [0.5, 0.6) is 5.75 Å². The van der Waals surface area contributed by atoms with E-state index in [1.165, 1.54) is 0 Å². The van der Waals surface area contributed by atoms with Gasteiger partial charge in [0.15, 0.2) is 0 Å². The summed E-state index contributed by atoms with van der Waals surface area (Å²) in [7, 11) is 0. The topological polar surface area (TPSA) is 64.3 Å². The molecule has 0 saturated carbocycles. The number of ether oxygens (including phenoxy) is 1.